The molecule has 3 nitrogen and oxygen atoms in total. The molecule has 3 heteroatoms. The van der Waals surface area contributed by atoms with E-state index >= 15 is 0 Å². The van der Waals surface area contributed by atoms with Gasteiger partial charge in [-0.3, -0.25) is 0 Å². The molecule has 1 N–H and O–H groups in total. The van der Waals surface area contributed by atoms with Crippen LogP contribution in [0.15, 0.2) is 0 Å². The molecule has 0 aromatic heterocycles. The van der Waals surface area contributed by atoms with E-state index in [2.05, 4.69) is 11.4 Å². The molecule has 68 valence electrons. The molecule has 0 unspecified atom stereocenters. The third-order valence-electron chi connectivity index (χ3n) is 2.56. The highest BCUT2D eigenvalue weighted by atomic mass is 16.5. The number of methoxy groups -OCH3 is 1. The largest absolute Gasteiger partial charge is 0.377 e. The van der Waals surface area contributed by atoms with E-state index in [0.717, 1.165) is 25.9 Å². The van der Waals surface area contributed by atoms with Crippen LogP contribution < -0.4 is 5.32 Å². The third-order valence-corrected chi connectivity index (χ3v) is 2.56. The number of nitrogens with one attached hydrogen (secondary N) is 1. The summed E-state index contributed by atoms with van der Waals surface area (Å²) in [5, 5.41) is 11.5. The van der Waals surface area contributed by atoms with Crippen molar-refractivity contribution in [2.24, 2.45) is 0 Å². The van der Waals surface area contributed by atoms with Crippen molar-refractivity contribution in [3.05, 3.63) is 0 Å². The molecule has 0 atom stereocenters. The lowest BCUT2D eigenvalue weighted by molar-refractivity contribution is -0.0691. The summed E-state index contributed by atoms with van der Waals surface area (Å²) in [6, 6.07) is 2.10. The summed E-state index contributed by atoms with van der Waals surface area (Å²) in [5.41, 5.74) is 0.0927. The molecule has 1 aliphatic rings. The standard InChI is InChI=1S/C9H16N2O/c1-12-9(4-2-5-9)8-11-7-3-6-10/h11H,2-5,7-8H2,1H3. The number of hydrogen-bond donors (Lipinski definition) is 1. The minimum atomic E-state index is 0.0927. The molecule has 0 radical (unpaired) electrons. The Balaban J connectivity index is 2.09. The summed E-state index contributed by atoms with van der Waals surface area (Å²) >= 11 is 0. The minimum Gasteiger partial charge on any atom is -0.377 e. The van der Waals surface area contributed by atoms with Crippen LogP contribution in [-0.4, -0.2) is 25.8 Å². The van der Waals surface area contributed by atoms with Gasteiger partial charge in [0, 0.05) is 26.6 Å². The van der Waals surface area contributed by atoms with E-state index in [0.29, 0.717) is 6.42 Å². The average molecular weight is 168 g/mol. The topological polar surface area (TPSA) is 45.0 Å². The molecule has 0 aromatic carbocycles. The summed E-state index contributed by atoms with van der Waals surface area (Å²) in [4.78, 5) is 0. The summed E-state index contributed by atoms with van der Waals surface area (Å²) in [6.45, 7) is 1.67. The molecule has 1 rings (SSSR count). The van der Waals surface area contributed by atoms with Crippen molar-refractivity contribution in [1.29, 1.82) is 5.26 Å². The van der Waals surface area contributed by atoms with Crippen LogP contribution in [0.2, 0.25) is 0 Å². The molecule has 0 saturated heterocycles. The van der Waals surface area contributed by atoms with Crippen LogP contribution >= 0.6 is 0 Å². The van der Waals surface area contributed by atoms with E-state index in [1.807, 2.05) is 0 Å². The lowest BCUT2D eigenvalue weighted by atomic mass is 9.80. The van der Waals surface area contributed by atoms with Crippen LogP contribution in [0.3, 0.4) is 0 Å². The Morgan fingerprint density at radius 3 is 2.75 bits per heavy atom. The van der Waals surface area contributed by atoms with Gasteiger partial charge in [-0.1, -0.05) is 0 Å². The SMILES string of the molecule is COC1(CNCCC#N)CCC1. The lowest BCUT2D eigenvalue weighted by Crippen LogP contribution is -2.48. The van der Waals surface area contributed by atoms with Gasteiger partial charge in [0.1, 0.15) is 0 Å². The number of ether oxygens (including phenoxy) is 1. The highest BCUT2D eigenvalue weighted by molar-refractivity contribution is 4.91. The Morgan fingerprint density at radius 1 is 1.58 bits per heavy atom. The average Bonchev–Trinajstić information content (AvgIpc) is 2.02. The van der Waals surface area contributed by atoms with Gasteiger partial charge in [0.15, 0.2) is 0 Å². The van der Waals surface area contributed by atoms with Crippen molar-refractivity contribution in [1.82, 2.24) is 5.32 Å². The van der Waals surface area contributed by atoms with Gasteiger partial charge in [-0.05, 0) is 19.3 Å². The van der Waals surface area contributed by atoms with Crippen LogP contribution in [0.5, 0.6) is 0 Å². The van der Waals surface area contributed by atoms with Crippen LogP contribution in [0.25, 0.3) is 0 Å². The first kappa shape index (κ1) is 9.50. The molecule has 1 saturated carbocycles. The minimum absolute atomic E-state index is 0.0927. The monoisotopic (exact) mass is 168 g/mol. The van der Waals surface area contributed by atoms with Gasteiger partial charge >= 0.3 is 0 Å². The second-order valence-electron chi connectivity index (χ2n) is 3.33. The van der Waals surface area contributed by atoms with E-state index < -0.39 is 0 Å². The van der Waals surface area contributed by atoms with Crippen molar-refractivity contribution < 1.29 is 4.74 Å². The van der Waals surface area contributed by atoms with Gasteiger partial charge in [0.2, 0.25) is 0 Å². The zero-order valence-corrected chi connectivity index (χ0v) is 7.60. The molecule has 0 bridgehead atoms. The maximum Gasteiger partial charge on any atom is 0.0802 e. The van der Waals surface area contributed by atoms with Gasteiger partial charge < -0.3 is 10.1 Å². The lowest BCUT2D eigenvalue weighted by Gasteiger charge is -2.40. The van der Waals surface area contributed by atoms with E-state index in [1.165, 1.54) is 6.42 Å². The maximum atomic E-state index is 8.30. The Morgan fingerprint density at radius 2 is 2.33 bits per heavy atom. The molecule has 1 aliphatic carbocycles. The molecule has 0 aromatic rings. The van der Waals surface area contributed by atoms with Crippen molar-refractivity contribution >= 4 is 0 Å². The Labute approximate surface area is 73.7 Å². The Bertz CT molecular complexity index is 164. The van der Waals surface area contributed by atoms with Crippen molar-refractivity contribution in [3.63, 3.8) is 0 Å². The van der Waals surface area contributed by atoms with Gasteiger partial charge in [0.05, 0.1) is 11.7 Å². The zero-order chi connectivity index (χ0) is 8.86. The Hall–Kier alpha value is -0.590. The molecule has 0 aliphatic heterocycles. The van der Waals surface area contributed by atoms with Crippen LogP contribution in [0.1, 0.15) is 25.7 Å². The normalized spacial score (nSPS) is 19.7. The molecule has 0 spiro atoms. The number of nitrogens with zero attached hydrogens (tertiary/aromatic N) is 1. The first-order chi connectivity index (χ1) is 5.83. The fourth-order valence-electron chi connectivity index (χ4n) is 1.48. The smallest absolute Gasteiger partial charge is 0.0802 e. The van der Waals surface area contributed by atoms with Crippen LogP contribution in [0, 0.1) is 11.3 Å². The predicted octanol–water partition coefficient (Wildman–Crippen LogP) is 1.06. The van der Waals surface area contributed by atoms with Gasteiger partial charge in [-0.25, -0.2) is 0 Å². The van der Waals surface area contributed by atoms with Crippen LogP contribution in [-0.2, 0) is 4.74 Å². The first-order valence-electron chi connectivity index (χ1n) is 4.46. The quantitative estimate of drug-likeness (QED) is 0.624. The second-order valence-corrected chi connectivity index (χ2v) is 3.33. The Kier molecular flexibility index (Phi) is 3.51. The maximum absolute atomic E-state index is 8.30. The highest BCUT2D eigenvalue weighted by Gasteiger charge is 2.36. The molecule has 1 fully saturated rings. The van der Waals surface area contributed by atoms with E-state index in [1.54, 1.807) is 7.11 Å². The van der Waals surface area contributed by atoms with E-state index in [-0.39, 0.29) is 5.60 Å². The number of hydrogen-bond acceptors (Lipinski definition) is 3. The van der Waals surface area contributed by atoms with Crippen molar-refractivity contribution in [2.45, 2.75) is 31.3 Å². The van der Waals surface area contributed by atoms with Gasteiger partial charge in [0.25, 0.3) is 0 Å². The zero-order valence-electron chi connectivity index (χ0n) is 7.60. The fraction of sp³-hybridized carbons (Fsp3) is 0.889. The summed E-state index contributed by atoms with van der Waals surface area (Å²) in [7, 11) is 1.77. The van der Waals surface area contributed by atoms with Crippen LogP contribution in [0.4, 0.5) is 0 Å². The van der Waals surface area contributed by atoms with E-state index in [4.69, 9.17) is 10.00 Å². The van der Waals surface area contributed by atoms with Crippen molar-refractivity contribution in [3.8, 4) is 6.07 Å². The van der Waals surface area contributed by atoms with Gasteiger partial charge in [-0.15, -0.1) is 0 Å². The predicted molar refractivity (Wildman–Crippen MR) is 46.7 cm³/mol. The molecule has 0 heterocycles. The summed E-state index contributed by atoms with van der Waals surface area (Å²) in [5.74, 6) is 0. The summed E-state index contributed by atoms with van der Waals surface area (Å²) in [6.07, 6.45) is 4.17. The van der Waals surface area contributed by atoms with E-state index in [9.17, 15) is 0 Å². The number of nitriles is 1. The molecular weight excluding hydrogens is 152 g/mol. The second kappa shape index (κ2) is 4.44. The molecule has 0 amide bonds. The molecule has 12 heavy (non-hydrogen) atoms. The molecular formula is C9H16N2O. The first-order valence-corrected chi connectivity index (χ1v) is 4.46. The summed E-state index contributed by atoms with van der Waals surface area (Å²) < 4.78 is 5.41. The highest BCUT2D eigenvalue weighted by Crippen LogP contribution is 2.34. The van der Waals surface area contributed by atoms with Crippen molar-refractivity contribution in [2.75, 3.05) is 20.2 Å². The third kappa shape index (κ3) is 2.20. The van der Waals surface area contributed by atoms with Gasteiger partial charge in [-0.2, -0.15) is 5.26 Å². The fourth-order valence-corrected chi connectivity index (χ4v) is 1.48. The number of rotatable bonds is 5.